The normalized spacial score (nSPS) is 11.6. The molecule has 0 aliphatic carbocycles. The summed E-state index contributed by atoms with van der Waals surface area (Å²) in [6, 6.07) is 47.9. The highest BCUT2D eigenvalue weighted by Crippen LogP contribution is 2.38. The van der Waals surface area contributed by atoms with E-state index in [4.69, 9.17) is 4.42 Å². The second-order valence-corrected chi connectivity index (χ2v) is 12.4. The molecule has 0 amide bonds. The minimum Gasteiger partial charge on any atom is -0.477 e. The van der Waals surface area contributed by atoms with Gasteiger partial charge in [-0.1, -0.05) is 80.8 Å². The molecule has 2 aromatic heterocycles. The maximum Gasteiger partial charge on any atom is 0.346 e. The molecule has 50 heavy (non-hydrogen) atoms. The molecule has 0 unspecified atom stereocenters. The van der Waals surface area contributed by atoms with Gasteiger partial charge in [-0.15, -0.1) is 0 Å². The Bertz CT molecular complexity index is 2300. The molecule has 1 N–H and O–H groups in total. The van der Waals surface area contributed by atoms with Crippen LogP contribution >= 0.6 is 0 Å². The van der Waals surface area contributed by atoms with Crippen molar-refractivity contribution in [3.63, 3.8) is 0 Å². The van der Waals surface area contributed by atoms with Crippen molar-refractivity contribution in [1.82, 2.24) is 4.57 Å². The Morgan fingerprint density at radius 2 is 1.30 bits per heavy atom. The number of aryl methyl sites for hydroxylation is 1. The van der Waals surface area contributed by atoms with E-state index in [1.807, 2.05) is 24.3 Å². The average Bonchev–Trinajstić information content (AvgIpc) is 3.75. The maximum absolute atomic E-state index is 11.4. The Kier molecular flexibility index (Phi) is 9.30. The van der Waals surface area contributed by atoms with Crippen LogP contribution in [0.4, 0.5) is 17.1 Å². The predicted molar refractivity (Wildman–Crippen MR) is 203 cm³/mol. The van der Waals surface area contributed by atoms with Crippen molar-refractivity contribution >= 4 is 50.9 Å². The zero-order valence-electron chi connectivity index (χ0n) is 27.9. The first-order valence-corrected chi connectivity index (χ1v) is 17.1. The Morgan fingerprint density at radius 3 is 1.90 bits per heavy atom. The zero-order chi connectivity index (χ0) is 34.5. The number of benzene rings is 5. The molecule has 0 aliphatic rings. The van der Waals surface area contributed by atoms with Crippen LogP contribution in [-0.2, 0) is 11.3 Å². The molecule has 7 aromatic rings. The molecule has 0 aliphatic heterocycles. The number of fused-ring (bicyclic) bond motifs is 3. The molecule has 0 radical (unpaired) electrons. The first kappa shape index (κ1) is 32.2. The van der Waals surface area contributed by atoms with E-state index in [2.05, 4.69) is 120 Å². The van der Waals surface area contributed by atoms with Crippen LogP contribution in [0.3, 0.4) is 0 Å². The van der Waals surface area contributed by atoms with Crippen molar-refractivity contribution in [2.75, 3.05) is 4.90 Å². The van der Waals surface area contributed by atoms with Crippen LogP contribution in [0, 0.1) is 11.3 Å². The number of hydrogen-bond acceptors (Lipinski definition) is 4. The van der Waals surface area contributed by atoms with Crippen molar-refractivity contribution in [3.05, 3.63) is 145 Å². The van der Waals surface area contributed by atoms with Gasteiger partial charge in [0.15, 0.2) is 0 Å². The fourth-order valence-electron chi connectivity index (χ4n) is 6.65. The van der Waals surface area contributed by atoms with Gasteiger partial charge in [-0.05, 0) is 96.4 Å². The van der Waals surface area contributed by atoms with E-state index < -0.39 is 5.97 Å². The van der Waals surface area contributed by atoms with Crippen LogP contribution in [0.1, 0.15) is 38.4 Å². The van der Waals surface area contributed by atoms with Crippen molar-refractivity contribution < 1.29 is 14.3 Å². The van der Waals surface area contributed by atoms with Crippen LogP contribution < -0.4 is 4.90 Å². The first-order chi connectivity index (χ1) is 24.5. The number of hydrogen-bond donors (Lipinski definition) is 1. The number of carbonyl (C=O) groups is 1. The minimum atomic E-state index is -1.28. The van der Waals surface area contributed by atoms with Crippen LogP contribution in [-0.4, -0.2) is 15.6 Å². The molecular weight excluding hydrogens is 619 g/mol. The quantitative estimate of drug-likeness (QED) is 0.0804. The van der Waals surface area contributed by atoms with Crippen molar-refractivity contribution in [1.29, 1.82) is 5.26 Å². The third-order valence-corrected chi connectivity index (χ3v) is 9.14. The summed E-state index contributed by atoms with van der Waals surface area (Å²) in [4.78, 5) is 13.6. The molecule has 0 fully saturated rings. The molecule has 0 saturated heterocycles. The number of furan rings is 1. The van der Waals surface area contributed by atoms with Crippen LogP contribution in [0.25, 0.3) is 50.3 Å². The molecule has 5 aromatic carbocycles. The number of carboxylic acids is 1. The van der Waals surface area contributed by atoms with Gasteiger partial charge >= 0.3 is 5.97 Å². The van der Waals surface area contributed by atoms with Crippen molar-refractivity contribution in [2.45, 2.75) is 39.2 Å². The predicted octanol–water partition coefficient (Wildman–Crippen LogP) is 11.8. The van der Waals surface area contributed by atoms with Gasteiger partial charge in [0.05, 0.1) is 0 Å². The zero-order valence-corrected chi connectivity index (χ0v) is 27.9. The number of para-hydroxylation sites is 2. The first-order valence-electron chi connectivity index (χ1n) is 17.1. The molecule has 246 valence electrons. The van der Waals surface area contributed by atoms with Gasteiger partial charge in [0.25, 0.3) is 0 Å². The Hall–Kier alpha value is -6.32. The smallest absolute Gasteiger partial charge is 0.346 e. The summed E-state index contributed by atoms with van der Waals surface area (Å²) in [5.41, 5.74) is 8.41. The summed E-state index contributed by atoms with van der Waals surface area (Å²) >= 11 is 0. The molecular formula is C44H37N3O3. The highest BCUT2D eigenvalue weighted by Gasteiger charge is 2.16. The Labute approximate surface area is 291 Å². The third-order valence-electron chi connectivity index (χ3n) is 9.14. The molecule has 0 atom stereocenters. The van der Waals surface area contributed by atoms with Crippen LogP contribution in [0.2, 0.25) is 0 Å². The largest absolute Gasteiger partial charge is 0.477 e. The molecule has 7 rings (SSSR count). The number of aliphatic carboxylic acids is 1. The Balaban J connectivity index is 1.28. The minimum absolute atomic E-state index is 0.321. The second kappa shape index (κ2) is 14.4. The summed E-state index contributed by atoms with van der Waals surface area (Å²) in [6.45, 7) is 3.17. The van der Waals surface area contributed by atoms with Gasteiger partial charge in [-0.25, -0.2) is 4.79 Å². The fraction of sp³-hybridized carbons (Fsp3) is 0.136. The van der Waals surface area contributed by atoms with E-state index in [9.17, 15) is 15.2 Å². The molecule has 6 nitrogen and oxygen atoms in total. The van der Waals surface area contributed by atoms with Gasteiger partial charge in [-0.3, -0.25) is 0 Å². The van der Waals surface area contributed by atoms with E-state index in [0.29, 0.717) is 11.5 Å². The number of carboxylic acid groups (broad SMARTS) is 1. The summed E-state index contributed by atoms with van der Waals surface area (Å²) in [7, 11) is 0. The van der Waals surface area contributed by atoms with Crippen molar-refractivity contribution in [3.8, 4) is 28.5 Å². The Morgan fingerprint density at radius 1 is 0.720 bits per heavy atom. The average molecular weight is 656 g/mol. The molecule has 6 heteroatoms. The van der Waals surface area contributed by atoms with E-state index >= 15 is 0 Å². The van der Waals surface area contributed by atoms with E-state index in [1.54, 1.807) is 12.1 Å². The lowest BCUT2D eigenvalue weighted by atomic mass is 10.0. The SMILES string of the molecule is CCCCCCn1c2ccc(-c3ccc(N(c4ccccc4)c4ccccc4)cc3)cc2c2cc(-c3ccc(C=C(C#N)C(=O)O)o3)ccc21. The van der Waals surface area contributed by atoms with Gasteiger partial charge in [0.2, 0.25) is 0 Å². The monoisotopic (exact) mass is 655 g/mol. The number of rotatable bonds is 12. The lowest BCUT2D eigenvalue weighted by Crippen LogP contribution is -2.09. The lowest BCUT2D eigenvalue weighted by Gasteiger charge is -2.25. The van der Waals surface area contributed by atoms with E-state index in [-0.39, 0.29) is 5.57 Å². The number of unbranched alkanes of at least 4 members (excludes halogenated alkanes) is 3. The van der Waals surface area contributed by atoms with Crippen molar-refractivity contribution in [2.24, 2.45) is 0 Å². The molecule has 0 spiro atoms. The highest BCUT2D eigenvalue weighted by atomic mass is 16.4. The van der Waals surface area contributed by atoms with Crippen LogP contribution in [0.15, 0.2) is 143 Å². The van der Waals surface area contributed by atoms with E-state index in [0.717, 1.165) is 52.1 Å². The van der Waals surface area contributed by atoms with Gasteiger partial charge in [0.1, 0.15) is 23.2 Å². The summed E-state index contributed by atoms with van der Waals surface area (Å²) in [6.07, 6.45) is 5.96. The molecule has 0 saturated carbocycles. The second-order valence-electron chi connectivity index (χ2n) is 12.4. The van der Waals surface area contributed by atoms with Crippen LogP contribution in [0.5, 0.6) is 0 Å². The summed E-state index contributed by atoms with van der Waals surface area (Å²) < 4.78 is 8.43. The summed E-state index contributed by atoms with van der Waals surface area (Å²) in [5, 5.41) is 20.8. The standard InChI is InChI=1S/C44H37N3O3/c1-2-3-4-11-26-46-41-23-18-32(31-16-20-37(21-17-31)47(35-12-7-5-8-13-35)36-14-9-6-10-15-36)28-39(41)40-29-33(19-24-42(40)46)43-25-22-38(50-43)27-34(30-45)44(48)49/h5-10,12-25,27-29H,2-4,11,26H2,1H3,(H,48,49). The topological polar surface area (TPSA) is 82.4 Å². The maximum atomic E-state index is 11.4. The van der Waals surface area contributed by atoms with E-state index in [1.165, 1.54) is 41.8 Å². The van der Waals surface area contributed by atoms with Gasteiger partial charge < -0.3 is 19.0 Å². The highest BCUT2D eigenvalue weighted by molar-refractivity contribution is 6.10. The van der Waals surface area contributed by atoms with Gasteiger partial charge in [-0.2, -0.15) is 5.26 Å². The number of anilines is 3. The van der Waals surface area contributed by atoms with Gasteiger partial charge in [0, 0.05) is 57.1 Å². The number of nitrogens with zero attached hydrogens (tertiary/aromatic N) is 3. The molecule has 0 bridgehead atoms. The number of aromatic nitrogens is 1. The fourth-order valence-corrected chi connectivity index (χ4v) is 6.65. The molecule has 2 heterocycles. The third kappa shape index (κ3) is 6.54. The lowest BCUT2D eigenvalue weighted by molar-refractivity contribution is -0.132. The number of nitriles is 1. The summed E-state index contributed by atoms with van der Waals surface area (Å²) in [5.74, 6) is -0.354.